The van der Waals surface area contributed by atoms with Crippen LogP contribution in [0.2, 0.25) is 0 Å². The van der Waals surface area contributed by atoms with Gasteiger partial charge in [0.2, 0.25) is 0 Å². The third-order valence-corrected chi connectivity index (χ3v) is 4.36. The largest absolute Gasteiger partial charge is 0.464 e. The third kappa shape index (κ3) is 2.48. The monoisotopic (exact) mass is 277 g/mol. The number of ether oxygens (including phenoxy) is 1. The first kappa shape index (κ1) is 12.6. The van der Waals surface area contributed by atoms with E-state index in [2.05, 4.69) is 4.98 Å². The van der Waals surface area contributed by atoms with Crippen molar-refractivity contribution in [2.75, 3.05) is 6.61 Å². The first-order chi connectivity index (χ1) is 9.19. The zero-order chi connectivity index (χ0) is 13.4. The molecule has 1 atom stereocenters. The number of nitrogens with zero attached hydrogens (tertiary/aromatic N) is 1. The minimum Gasteiger partial charge on any atom is -0.464 e. The Morgan fingerprint density at radius 1 is 1.58 bits per heavy atom. The number of carbonyl (C=O) groups excluding carboxylic acids is 1. The van der Waals surface area contributed by atoms with Gasteiger partial charge in [0.15, 0.2) is 6.10 Å². The molecular formula is C14H15NO3S. The Morgan fingerprint density at radius 3 is 3.05 bits per heavy atom. The Morgan fingerprint density at radius 2 is 2.37 bits per heavy atom. The fourth-order valence-electron chi connectivity index (χ4n) is 1.99. The van der Waals surface area contributed by atoms with Gasteiger partial charge in [-0.2, -0.15) is 0 Å². The normalized spacial score (nSPS) is 16.5. The van der Waals surface area contributed by atoms with Crippen LogP contribution in [0.25, 0.3) is 10.2 Å². The molecule has 0 radical (unpaired) electrons. The number of carbonyl (C=O) groups is 1. The van der Waals surface area contributed by atoms with Crippen LogP contribution >= 0.6 is 11.3 Å². The van der Waals surface area contributed by atoms with Gasteiger partial charge in [0.1, 0.15) is 0 Å². The van der Waals surface area contributed by atoms with Crippen LogP contribution < -0.4 is 0 Å². The maximum atomic E-state index is 11.5. The molecule has 1 aromatic carbocycles. The van der Waals surface area contributed by atoms with Gasteiger partial charge in [-0.25, -0.2) is 9.78 Å². The number of aliphatic hydroxyl groups is 1. The highest BCUT2D eigenvalue weighted by Crippen LogP contribution is 2.43. The van der Waals surface area contributed by atoms with Gasteiger partial charge in [0.05, 0.1) is 21.8 Å². The van der Waals surface area contributed by atoms with Crippen molar-refractivity contribution in [1.82, 2.24) is 4.98 Å². The molecule has 0 aliphatic heterocycles. The number of aromatic nitrogens is 1. The molecule has 100 valence electrons. The van der Waals surface area contributed by atoms with Crippen molar-refractivity contribution in [2.24, 2.45) is 0 Å². The summed E-state index contributed by atoms with van der Waals surface area (Å²) in [5.74, 6) is 0.0182. The topological polar surface area (TPSA) is 59.4 Å². The summed E-state index contributed by atoms with van der Waals surface area (Å²) in [6.07, 6.45) is 1.23. The van der Waals surface area contributed by atoms with Gasteiger partial charge in [0.25, 0.3) is 0 Å². The van der Waals surface area contributed by atoms with Crippen molar-refractivity contribution in [2.45, 2.75) is 31.8 Å². The molecule has 1 aliphatic rings. The molecule has 1 fully saturated rings. The molecule has 3 rings (SSSR count). The van der Waals surface area contributed by atoms with E-state index in [0.717, 1.165) is 15.2 Å². The van der Waals surface area contributed by atoms with Crippen molar-refractivity contribution in [3.05, 3.63) is 28.8 Å². The Bertz CT molecular complexity index is 618. The van der Waals surface area contributed by atoms with E-state index in [1.807, 2.05) is 12.1 Å². The number of hydrogen-bond acceptors (Lipinski definition) is 5. The van der Waals surface area contributed by atoms with E-state index in [1.54, 1.807) is 24.3 Å². The molecule has 4 nitrogen and oxygen atoms in total. The average Bonchev–Trinajstić information content (AvgIpc) is 3.17. The first-order valence-electron chi connectivity index (χ1n) is 6.44. The summed E-state index contributed by atoms with van der Waals surface area (Å²) < 4.78 is 5.84. The summed E-state index contributed by atoms with van der Waals surface area (Å²) in [6, 6.07) is 5.43. The second kappa shape index (κ2) is 4.90. The summed E-state index contributed by atoms with van der Waals surface area (Å²) in [4.78, 5) is 16.1. The van der Waals surface area contributed by atoms with Crippen LogP contribution in [0.4, 0.5) is 0 Å². The number of thiazole rings is 1. The predicted octanol–water partition coefficient (Wildman–Crippen LogP) is 2.77. The quantitative estimate of drug-likeness (QED) is 0.873. The fraction of sp³-hybridized carbons (Fsp3) is 0.429. The lowest BCUT2D eigenvalue weighted by Gasteiger charge is -2.09. The molecule has 1 aliphatic carbocycles. The number of esters is 1. The van der Waals surface area contributed by atoms with Gasteiger partial charge < -0.3 is 9.84 Å². The minimum atomic E-state index is -1.21. The van der Waals surface area contributed by atoms with Crippen LogP contribution in [0.3, 0.4) is 0 Å². The third-order valence-electron chi connectivity index (χ3n) is 3.18. The van der Waals surface area contributed by atoms with Gasteiger partial charge >= 0.3 is 5.97 Å². The highest BCUT2D eigenvalue weighted by atomic mass is 32.1. The predicted molar refractivity (Wildman–Crippen MR) is 73.2 cm³/mol. The molecule has 2 aromatic rings. The van der Waals surface area contributed by atoms with Gasteiger partial charge in [-0.3, -0.25) is 0 Å². The number of aliphatic hydroxyl groups excluding tert-OH is 1. The van der Waals surface area contributed by atoms with Crippen molar-refractivity contribution in [3.8, 4) is 0 Å². The molecular weight excluding hydrogens is 262 g/mol. The molecule has 1 saturated carbocycles. The van der Waals surface area contributed by atoms with Crippen LogP contribution in [0.1, 0.15) is 42.4 Å². The Hall–Kier alpha value is -1.46. The second-order valence-electron chi connectivity index (χ2n) is 4.71. The second-order valence-corrected chi connectivity index (χ2v) is 5.77. The van der Waals surface area contributed by atoms with Gasteiger partial charge in [-0.15, -0.1) is 11.3 Å². The molecule has 1 unspecified atom stereocenters. The molecule has 1 aromatic heterocycles. The molecule has 1 heterocycles. The van der Waals surface area contributed by atoms with Gasteiger partial charge in [-0.1, -0.05) is 6.07 Å². The number of hydrogen-bond donors (Lipinski definition) is 1. The van der Waals surface area contributed by atoms with Crippen LogP contribution in [0.15, 0.2) is 18.2 Å². The van der Waals surface area contributed by atoms with E-state index in [1.165, 1.54) is 12.8 Å². The highest BCUT2D eigenvalue weighted by molar-refractivity contribution is 7.18. The molecule has 0 amide bonds. The van der Waals surface area contributed by atoms with Crippen molar-refractivity contribution in [3.63, 3.8) is 0 Å². The molecule has 0 bridgehead atoms. The molecule has 0 spiro atoms. The summed E-state index contributed by atoms with van der Waals surface area (Å²) in [6.45, 7) is 1.99. The lowest BCUT2D eigenvalue weighted by Crippen LogP contribution is -2.15. The minimum absolute atomic E-state index is 0.268. The smallest absolute Gasteiger partial charge is 0.339 e. The van der Waals surface area contributed by atoms with Crippen molar-refractivity contribution < 1.29 is 14.6 Å². The standard InChI is InChI=1S/C14H15NO3S/c1-2-18-14(17)12(16)9-5-6-10-11(7-9)19-13(15-10)8-3-4-8/h5-8,12,16H,2-4H2,1H3. The van der Waals surface area contributed by atoms with Crippen LogP contribution in [-0.4, -0.2) is 22.7 Å². The molecule has 5 heteroatoms. The molecule has 19 heavy (non-hydrogen) atoms. The lowest BCUT2D eigenvalue weighted by atomic mass is 10.1. The molecule has 0 saturated heterocycles. The summed E-state index contributed by atoms with van der Waals surface area (Å²) in [5.41, 5.74) is 1.50. The van der Waals surface area contributed by atoms with Crippen molar-refractivity contribution >= 4 is 27.5 Å². The number of rotatable bonds is 4. The van der Waals surface area contributed by atoms with Crippen LogP contribution in [0.5, 0.6) is 0 Å². The Balaban J connectivity index is 1.89. The van der Waals surface area contributed by atoms with Crippen LogP contribution in [0, 0.1) is 0 Å². The van der Waals surface area contributed by atoms with Gasteiger partial charge in [0, 0.05) is 5.92 Å². The first-order valence-corrected chi connectivity index (χ1v) is 7.25. The summed E-state index contributed by atoms with van der Waals surface area (Å²) in [7, 11) is 0. The van der Waals surface area contributed by atoms with Crippen molar-refractivity contribution in [1.29, 1.82) is 0 Å². The van der Waals surface area contributed by atoms with E-state index in [-0.39, 0.29) is 6.61 Å². The fourth-order valence-corrected chi connectivity index (χ4v) is 3.18. The Kier molecular flexibility index (Phi) is 3.24. The summed E-state index contributed by atoms with van der Waals surface area (Å²) >= 11 is 1.65. The van der Waals surface area contributed by atoms with Crippen LogP contribution in [-0.2, 0) is 9.53 Å². The zero-order valence-corrected chi connectivity index (χ0v) is 11.4. The maximum absolute atomic E-state index is 11.5. The molecule has 1 N–H and O–H groups in total. The van der Waals surface area contributed by atoms with Gasteiger partial charge in [-0.05, 0) is 37.5 Å². The van der Waals surface area contributed by atoms with E-state index in [4.69, 9.17) is 4.74 Å². The maximum Gasteiger partial charge on any atom is 0.339 e. The van der Waals surface area contributed by atoms with E-state index in [0.29, 0.717) is 11.5 Å². The highest BCUT2D eigenvalue weighted by Gasteiger charge is 2.27. The average molecular weight is 277 g/mol. The Labute approximate surface area is 115 Å². The zero-order valence-electron chi connectivity index (χ0n) is 10.6. The van der Waals surface area contributed by atoms with E-state index in [9.17, 15) is 9.90 Å². The number of fused-ring (bicyclic) bond motifs is 1. The lowest BCUT2D eigenvalue weighted by molar-refractivity contribution is -0.153. The summed E-state index contributed by atoms with van der Waals surface area (Å²) in [5, 5.41) is 11.1. The van der Waals surface area contributed by atoms with E-state index >= 15 is 0 Å². The SMILES string of the molecule is CCOC(=O)C(O)c1ccc2nc(C3CC3)sc2c1. The van der Waals surface area contributed by atoms with E-state index < -0.39 is 12.1 Å². The number of benzene rings is 1.